The monoisotopic (exact) mass is 422 g/mol. The van der Waals surface area contributed by atoms with Gasteiger partial charge in [0, 0.05) is 22.8 Å². The molecule has 154 valence electrons. The second-order valence-corrected chi connectivity index (χ2v) is 7.75. The molecule has 0 saturated heterocycles. The maximum Gasteiger partial charge on any atom is 0.318 e. The molecule has 2 aromatic carbocycles. The summed E-state index contributed by atoms with van der Waals surface area (Å²) >= 11 is 1.28. The zero-order valence-electron chi connectivity index (χ0n) is 16.7. The van der Waals surface area contributed by atoms with E-state index in [1.807, 2.05) is 42.5 Å². The number of carbonyl (C=O) groups is 2. The highest BCUT2D eigenvalue weighted by Gasteiger charge is 2.19. The summed E-state index contributed by atoms with van der Waals surface area (Å²) in [7, 11) is 1.35. The Morgan fingerprint density at radius 2 is 1.87 bits per heavy atom. The van der Waals surface area contributed by atoms with E-state index in [9.17, 15) is 9.59 Å². The number of pyridine rings is 1. The number of rotatable bonds is 8. The number of hydrogen-bond acceptors (Lipinski definition) is 6. The number of esters is 1. The van der Waals surface area contributed by atoms with Crippen LogP contribution in [0.15, 0.2) is 77.8 Å². The molecule has 0 bridgehead atoms. The van der Waals surface area contributed by atoms with Gasteiger partial charge < -0.3 is 14.8 Å². The lowest BCUT2D eigenvalue weighted by atomic mass is 10.2. The fourth-order valence-corrected chi connectivity index (χ4v) is 3.68. The summed E-state index contributed by atoms with van der Waals surface area (Å²) in [5.41, 5.74) is 1.91. The van der Waals surface area contributed by atoms with Crippen molar-refractivity contribution in [1.29, 1.82) is 0 Å². The lowest BCUT2D eigenvalue weighted by Gasteiger charge is -2.13. The number of thioether (sulfide) groups is 1. The molecule has 0 spiro atoms. The van der Waals surface area contributed by atoms with Gasteiger partial charge in [0.05, 0.1) is 18.4 Å². The van der Waals surface area contributed by atoms with Gasteiger partial charge in [0.2, 0.25) is 0 Å². The van der Waals surface area contributed by atoms with E-state index in [0.717, 1.165) is 5.69 Å². The summed E-state index contributed by atoms with van der Waals surface area (Å²) in [6.45, 7) is 2.08. The van der Waals surface area contributed by atoms with Crippen molar-refractivity contribution in [2.75, 3.05) is 12.4 Å². The second kappa shape index (κ2) is 10.5. The predicted molar refractivity (Wildman–Crippen MR) is 117 cm³/mol. The number of anilines is 1. The Hall–Kier alpha value is -3.32. The quantitative estimate of drug-likeness (QED) is 0.423. The van der Waals surface area contributed by atoms with Crippen molar-refractivity contribution < 1.29 is 19.1 Å². The van der Waals surface area contributed by atoms with E-state index < -0.39 is 5.25 Å². The van der Waals surface area contributed by atoms with Crippen LogP contribution in [0.3, 0.4) is 0 Å². The van der Waals surface area contributed by atoms with Crippen molar-refractivity contribution >= 4 is 29.3 Å². The molecule has 0 saturated carbocycles. The molecular formula is C23H22N2O4S. The summed E-state index contributed by atoms with van der Waals surface area (Å²) in [5, 5.41) is 2.47. The van der Waals surface area contributed by atoms with Crippen LogP contribution in [-0.2, 0) is 16.1 Å². The molecule has 0 fully saturated rings. The van der Waals surface area contributed by atoms with Crippen molar-refractivity contribution in [2.24, 2.45) is 0 Å². The van der Waals surface area contributed by atoms with Gasteiger partial charge in [0.1, 0.15) is 17.6 Å². The highest BCUT2D eigenvalue weighted by Crippen LogP contribution is 2.28. The summed E-state index contributed by atoms with van der Waals surface area (Å²) in [6.07, 6.45) is 1.71. The zero-order valence-corrected chi connectivity index (χ0v) is 17.5. The fraction of sp³-hybridized carbons (Fsp3) is 0.174. The van der Waals surface area contributed by atoms with Crippen LogP contribution in [0.25, 0.3) is 0 Å². The third-order valence-electron chi connectivity index (χ3n) is 4.17. The predicted octanol–water partition coefficient (Wildman–Crippen LogP) is 4.57. The maximum atomic E-state index is 12.9. The number of benzene rings is 2. The van der Waals surface area contributed by atoms with Gasteiger partial charge in [-0.05, 0) is 43.3 Å². The Labute approximate surface area is 179 Å². The molecule has 3 aromatic rings. The van der Waals surface area contributed by atoms with Gasteiger partial charge in [-0.1, -0.05) is 24.3 Å². The minimum absolute atomic E-state index is 0.267. The average Bonchev–Trinajstić information content (AvgIpc) is 2.78. The standard InChI is InChI=1S/C23H22N2O4S/c1-16(23(27)28-2)30-21-12-4-3-11-20(21)22(26)25-17-9-7-10-19(14-17)29-15-18-8-5-6-13-24-18/h3-14,16H,15H2,1-2H3,(H,25,26). The number of ether oxygens (including phenoxy) is 2. The molecule has 0 aliphatic heterocycles. The van der Waals surface area contributed by atoms with Crippen molar-refractivity contribution in [3.63, 3.8) is 0 Å². The summed E-state index contributed by atoms with van der Waals surface area (Å²) in [6, 6.07) is 20.0. The molecule has 1 heterocycles. The number of nitrogens with one attached hydrogen (secondary N) is 1. The summed E-state index contributed by atoms with van der Waals surface area (Å²) < 4.78 is 10.5. The molecule has 3 rings (SSSR count). The molecule has 1 unspecified atom stereocenters. The lowest BCUT2D eigenvalue weighted by Crippen LogP contribution is -2.17. The van der Waals surface area contributed by atoms with Gasteiger partial charge in [-0.15, -0.1) is 11.8 Å². The van der Waals surface area contributed by atoms with Gasteiger partial charge >= 0.3 is 5.97 Å². The Morgan fingerprint density at radius 1 is 1.07 bits per heavy atom. The maximum absolute atomic E-state index is 12.9. The van der Waals surface area contributed by atoms with Gasteiger partial charge in [0.25, 0.3) is 5.91 Å². The van der Waals surface area contributed by atoms with Crippen molar-refractivity contribution in [1.82, 2.24) is 4.98 Å². The van der Waals surface area contributed by atoms with Crippen LogP contribution < -0.4 is 10.1 Å². The van der Waals surface area contributed by atoms with Crippen molar-refractivity contribution in [2.45, 2.75) is 23.7 Å². The summed E-state index contributed by atoms with van der Waals surface area (Å²) in [4.78, 5) is 29.5. The number of aromatic nitrogens is 1. The van der Waals surface area contributed by atoms with E-state index in [1.165, 1.54) is 18.9 Å². The Balaban J connectivity index is 1.68. The first-order chi connectivity index (χ1) is 14.6. The largest absolute Gasteiger partial charge is 0.487 e. The highest BCUT2D eigenvalue weighted by atomic mass is 32.2. The van der Waals surface area contributed by atoms with Crippen LogP contribution in [0, 0.1) is 0 Å². The minimum Gasteiger partial charge on any atom is -0.487 e. The van der Waals surface area contributed by atoms with Gasteiger partial charge in [0.15, 0.2) is 0 Å². The van der Waals surface area contributed by atoms with E-state index in [4.69, 9.17) is 9.47 Å². The Morgan fingerprint density at radius 3 is 2.63 bits per heavy atom. The molecule has 1 amide bonds. The molecule has 6 nitrogen and oxygen atoms in total. The SMILES string of the molecule is COC(=O)C(C)Sc1ccccc1C(=O)Nc1cccc(OCc2ccccn2)c1. The first-order valence-corrected chi connectivity index (χ1v) is 10.2. The van der Waals surface area contributed by atoms with Gasteiger partial charge in [-0.25, -0.2) is 0 Å². The first kappa shape index (κ1) is 21.4. The van der Waals surface area contributed by atoms with Crippen LogP contribution >= 0.6 is 11.8 Å². The van der Waals surface area contributed by atoms with Gasteiger partial charge in [-0.2, -0.15) is 0 Å². The third-order valence-corrected chi connectivity index (χ3v) is 5.33. The van der Waals surface area contributed by atoms with E-state index in [-0.39, 0.29) is 11.9 Å². The first-order valence-electron chi connectivity index (χ1n) is 9.34. The van der Waals surface area contributed by atoms with Crippen LogP contribution in [0.1, 0.15) is 23.0 Å². The normalized spacial score (nSPS) is 11.4. The molecule has 1 aromatic heterocycles. The van der Waals surface area contributed by atoms with Crippen LogP contribution in [0.2, 0.25) is 0 Å². The second-order valence-electron chi connectivity index (χ2n) is 6.37. The molecule has 1 atom stereocenters. The van der Waals surface area contributed by atoms with Crippen LogP contribution in [0.5, 0.6) is 5.75 Å². The number of amides is 1. The average molecular weight is 423 g/mol. The van der Waals surface area contributed by atoms with Crippen LogP contribution in [0.4, 0.5) is 5.69 Å². The Kier molecular flexibility index (Phi) is 7.45. The molecule has 7 heteroatoms. The topological polar surface area (TPSA) is 77.5 Å². The number of hydrogen-bond donors (Lipinski definition) is 1. The zero-order chi connectivity index (χ0) is 21.3. The molecule has 0 aliphatic carbocycles. The molecule has 0 aliphatic rings. The summed E-state index contributed by atoms with van der Waals surface area (Å²) in [5.74, 6) is 0.0189. The van der Waals surface area contributed by atoms with Crippen LogP contribution in [-0.4, -0.2) is 29.2 Å². The fourth-order valence-electron chi connectivity index (χ4n) is 2.66. The molecular weight excluding hydrogens is 400 g/mol. The van der Waals surface area contributed by atoms with E-state index in [2.05, 4.69) is 10.3 Å². The van der Waals surface area contributed by atoms with E-state index in [1.54, 1.807) is 37.4 Å². The third kappa shape index (κ3) is 5.84. The molecule has 30 heavy (non-hydrogen) atoms. The lowest BCUT2D eigenvalue weighted by molar-refractivity contribution is -0.139. The van der Waals surface area contributed by atoms with E-state index in [0.29, 0.717) is 28.5 Å². The molecule has 1 N–H and O–H groups in total. The smallest absolute Gasteiger partial charge is 0.318 e. The van der Waals surface area contributed by atoms with Crippen molar-refractivity contribution in [3.8, 4) is 5.75 Å². The minimum atomic E-state index is -0.424. The Bertz CT molecular complexity index is 1010. The molecule has 0 radical (unpaired) electrons. The van der Waals surface area contributed by atoms with Crippen molar-refractivity contribution in [3.05, 3.63) is 84.2 Å². The van der Waals surface area contributed by atoms with E-state index >= 15 is 0 Å². The number of nitrogens with zero attached hydrogens (tertiary/aromatic N) is 1. The number of carbonyl (C=O) groups excluding carboxylic acids is 2. The highest BCUT2D eigenvalue weighted by molar-refractivity contribution is 8.00. The van der Waals surface area contributed by atoms with Gasteiger partial charge in [-0.3, -0.25) is 14.6 Å². The number of methoxy groups -OCH3 is 1.